The summed E-state index contributed by atoms with van der Waals surface area (Å²) in [6, 6.07) is 2.65. The summed E-state index contributed by atoms with van der Waals surface area (Å²) in [5.74, 6) is -0.00945. The van der Waals surface area contributed by atoms with E-state index in [9.17, 15) is 24.3 Å². The first-order valence-corrected chi connectivity index (χ1v) is 17.0. The van der Waals surface area contributed by atoms with E-state index in [-0.39, 0.29) is 65.8 Å². The van der Waals surface area contributed by atoms with E-state index in [0.29, 0.717) is 11.3 Å². The lowest BCUT2D eigenvalue weighted by molar-refractivity contribution is -0.153. The van der Waals surface area contributed by atoms with Gasteiger partial charge in [-0.1, -0.05) is 25.8 Å². The second-order valence-corrected chi connectivity index (χ2v) is 13.9. The number of esters is 2. The van der Waals surface area contributed by atoms with Crippen LogP contribution in [0.3, 0.4) is 0 Å². The van der Waals surface area contributed by atoms with Crippen LogP contribution in [0.15, 0.2) is 50.7 Å². The standard InChI is InChI=1S/C37H38FN5O12/c1-9-37(16-49-27(45)12-36(7,8)28-19(3)10-18(2)11-24(28)53-22(6)44)30(46)23(15-50-37)43-17-40-29-31(39-13-25-20(4)51-34(47)54-25)42(33(38)41-32(29)43)14-26-21(5)52-35(48)55-26/h1,10-11,17,23,30,46H,12-16H2,2-8H3/b39-31-/t23?,30-,37+/m0/s1. The average Bonchev–Trinajstić information content (AvgIpc) is 3.82. The summed E-state index contributed by atoms with van der Waals surface area (Å²) in [6.07, 6.45) is 4.44. The van der Waals surface area contributed by atoms with Crippen LogP contribution < -0.4 is 21.9 Å². The molecule has 6 rings (SSSR count). The Kier molecular flexibility index (Phi) is 10.3. The minimum Gasteiger partial charge on any atom is -0.461 e. The predicted octanol–water partition coefficient (Wildman–Crippen LogP) is 2.99. The summed E-state index contributed by atoms with van der Waals surface area (Å²) < 4.78 is 55.3. The fourth-order valence-corrected chi connectivity index (χ4v) is 6.83. The van der Waals surface area contributed by atoms with E-state index in [1.807, 2.05) is 33.8 Å². The van der Waals surface area contributed by atoms with Crippen molar-refractivity contribution in [1.82, 2.24) is 19.1 Å². The van der Waals surface area contributed by atoms with Gasteiger partial charge in [0.15, 0.2) is 33.8 Å². The molecule has 1 aromatic carbocycles. The second kappa shape index (κ2) is 14.6. The van der Waals surface area contributed by atoms with Gasteiger partial charge in [0.25, 0.3) is 6.08 Å². The fraction of sp³-hybridized carbons (Fsp3) is 0.432. The molecule has 55 heavy (non-hydrogen) atoms. The van der Waals surface area contributed by atoms with Crippen molar-refractivity contribution in [2.45, 2.75) is 91.1 Å². The molecule has 0 spiro atoms. The lowest BCUT2D eigenvalue weighted by Crippen LogP contribution is -2.45. The number of rotatable bonds is 11. The Balaban J connectivity index is 1.28. The van der Waals surface area contributed by atoms with Crippen LogP contribution in [0.1, 0.15) is 73.0 Å². The molecular formula is C37H38FN5O12. The van der Waals surface area contributed by atoms with Gasteiger partial charge >= 0.3 is 23.6 Å². The number of terminal acetylenes is 1. The number of benzene rings is 1. The number of aliphatic hydroxyl groups is 1. The Morgan fingerprint density at radius 2 is 1.78 bits per heavy atom. The number of aryl methyl sites for hydroxylation is 4. The van der Waals surface area contributed by atoms with Gasteiger partial charge < -0.3 is 41.6 Å². The van der Waals surface area contributed by atoms with Gasteiger partial charge in [-0.2, -0.15) is 9.37 Å². The van der Waals surface area contributed by atoms with Crippen LogP contribution in [0.25, 0.3) is 11.2 Å². The largest absolute Gasteiger partial charge is 0.519 e. The number of halogens is 1. The molecule has 1 N–H and O–H groups in total. The normalized spacial score (nSPS) is 18.9. The zero-order chi connectivity index (χ0) is 40.0. The maximum atomic E-state index is 16.0. The van der Waals surface area contributed by atoms with Crippen molar-refractivity contribution in [1.29, 1.82) is 0 Å². The van der Waals surface area contributed by atoms with Gasteiger partial charge in [-0.25, -0.2) is 14.6 Å². The van der Waals surface area contributed by atoms with Gasteiger partial charge in [0.05, 0.1) is 31.9 Å². The van der Waals surface area contributed by atoms with E-state index in [0.717, 1.165) is 15.7 Å². The first-order valence-electron chi connectivity index (χ1n) is 17.0. The first-order chi connectivity index (χ1) is 25.9. The number of hydrogen-bond donors (Lipinski definition) is 1. The number of ether oxygens (including phenoxy) is 3. The van der Waals surface area contributed by atoms with Crippen molar-refractivity contribution in [3.8, 4) is 18.1 Å². The van der Waals surface area contributed by atoms with E-state index in [1.54, 1.807) is 6.07 Å². The second-order valence-electron chi connectivity index (χ2n) is 13.9. The van der Waals surface area contributed by atoms with E-state index < -0.39 is 59.4 Å². The fourth-order valence-electron chi connectivity index (χ4n) is 6.83. The molecule has 5 heterocycles. The molecule has 1 saturated heterocycles. The molecule has 0 amide bonds. The number of imidazole rings is 1. The molecule has 0 saturated carbocycles. The zero-order valence-corrected chi connectivity index (χ0v) is 31.1. The van der Waals surface area contributed by atoms with Crippen LogP contribution >= 0.6 is 0 Å². The topological polar surface area (TPSA) is 217 Å². The number of fused-ring (bicyclic) bond motifs is 1. The Morgan fingerprint density at radius 1 is 1.11 bits per heavy atom. The zero-order valence-electron chi connectivity index (χ0n) is 31.1. The molecule has 0 aliphatic carbocycles. The van der Waals surface area contributed by atoms with Crippen molar-refractivity contribution >= 4 is 23.1 Å². The molecule has 290 valence electrons. The van der Waals surface area contributed by atoms with Crippen LogP contribution in [-0.4, -0.2) is 61.1 Å². The van der Waals surface area contributed by atoms with Gasteiger partial charge in [-0.05, 0) is 44.9 Å². The molecule has 3 atom stereocenters. The third-order valence-electron chi connectivity index (χ3n) is 9.36. The number of carbonyl (C=O) groups excluding carboxylic acids is 2. The first kappa shape index (κ1) is 38.7. The molecule has 5 aromatic rings. The Hall–Kier alpha value is -6.06. The van der Waals surface area contributed by atoms with Crippen molar-refractivity contribution < 1.29 is 51.0 Å². The summed E-state index contributed by atoms with van der Waals surface area (Å²) in [7, 11) is 0. The molecule has 1 aliphatic rings. The summed E-state index contributed by atoms with van der Waals surface area (Å²) in [5, 5.41) is 11.6. The van der Waals surface area contributed by atoms with E-state index in [2.05, 4.69) is 20.9 Å². The van der Waals surface area contributed by atoms with Crippen LogP contribution in [0.2, 0.25) is 0 Å². The predicted molar refractivity (Wildman–Crippen MR) is 186 cm³/mol. The third kappa shape index (κ3) is 7.53. The van der Waals surface area contributed by atoms with E-state index in [1.165, 1.54) is 31.7 Å². The molecule has 4 aromatic heterocycles. The number of carbonyl (C=O) groups is 2. The number of hydrogen-bond acceptors (Lipinski definition) is 15. The lowest BCUT2D eigenvalue weighted by Gasteiger charge is -2.30. The van der Waals surface area contributed by atoms with Crippen molar-refractivity contribution in [2.24, 2.45) is 4.99 Å². The lowest BCUT2D eigenvalue weighted by atomic mass is 9.78. The van der Waals surface area contributed by atoms with Crippen molar-refractivity contribution in [3.63, 3.8) is 0 Å². The molecule has 1 aliphatic heterocycles. The Morgan fingerprint density at radius 3 is 2.40 bits per heavy atom. The minimum absolute atomic E-state index is 0.00727. The molecular weight excluding hydrogens is 725 g/mol. The van der Waals surface area contributed by atoms with Crippen LogP contribution in [-0.2, 0) is 37.6 Å². The number of nitrogens with zero attached hydrogens (tertiary/aromatic N) is 5. The highest BCUT2D eigenvalue weighted by Gasteiger charge is 2.51. The highest BCUT2D eigenvalue weighted by molar-refractivity contribution is 5.74. The Bertz CT molecular complexity index is 2540. The van der Waals surface area contributed by atoms with E-state index >= 15 is 4.39 Å². The van der Waals surface area contributed by atoms with Gasteiger partial charge in [-0.15, -0.1) is 6.42 Å². The van der Waals surface area contributed by atoms with Crippen molar-refractivity contribution in [3.05, 3.63) is 91.0 Å². The monoisotopic (exact) mass is 763 g/mol. The molecule has 1 unspecified atom stereocenters. The Labute approximate surface area is 311 Å². The highest BCUT2D eigenvalue weighted by Crippen LogP contribution is 2.39. The molecule has 1 fully saturated rings. The summed E-state index contributed by atoms with van der Waals surface area (Å²) in [5.41, 5.74) is -0.431. The maximum Gasteiger partial charge on any atom is 0.519 e. The van der Waals surface area contributed by atoms with E-state index in [4.69, 9.17) is 38.3 Å². The molecule has 17 nitrogen and oxygen atoms in total. The molecule has 0 bridgehead atoms. The van der Waals surface area contributed by atoms with Crippen molar-refractivity contribution in [2.75, 3.05) is 13.2 Å². The third-order valence-corrected chi connectivity index (χ3v) is 9.36. The van der Waals surface area contributed by atoms with Crippen LogP contribution in [0, 0.1) is 46.1 Å². The van der Waals surface area contributed by atoms with Gasteiger partial charge in [-0.3, -0.25) is 19.1 Å². The number of aliphatic hydroxyl groups excluding tert-OH is 1. The highest BCUT2D eigenvalue weighted by atomic mass is 19.1. The summed E-state index contributed by atoms with van der Waals surface area (Å²) >= 11 is 0. The van der Waals surface area contributed by atoms with Gasteiger partial charge in [0.2, 0.25) is 0 Å². The minimum atomic E-state index is -1.81. The number of aromatic nitrogens is 4. The summed E-state index contributed by atoms with van der Waals surface area (Å²) in [6.45, 7) is 10.2. The van der Waals surface area contributed by atoms with Crippen LogP contribution in [0.5, 0.6) is 5.75 Å². The SMILES string of the molecule is C#C[C@]1(COC(=O)CC(C)(C)c2c(C)cc(C)cc2OC(C)=O)OCC(n2cnc3/c(=N/Cc4oc(=O)oc4C)n(Cc4oc(=O)oc4C)c(F)nc32)[C@@H]1O. The smallest absolute Gasteiger partial charge is 0.461 e. The molecule has 18 heteroatoms. The molecule has 0 radical (unpaired) electrons. The summed E-state index contributed by atoms with van der Waals surface area (Å²) in [4.78, 5) is 61.5. The average molecular weight is 764 g/mol. The van der Waals surface area contributed by atoms with Gasteiger partial charge in [0.1, 0.15) is 36.5 Å². The van der Waals surface area contributed by atoms with Gasteiger partial charge in [0, 0.05) is 17.9 Å². The quantitative estimate of drug-likeness (QED) is 0.0886. The van der Waals surface area contributed by atoms with Crippen LogP contribution in [0.4, 0.5) is 4.39 Å². The maximum absolute atomic E-state index is 16.0.